The van der Waals surface area contributed by atoms with Crippen LogP contribution in [0.5, 0.6) is 11.5 Å². The summed E-state index contributed by atoms with van der Waals surface area (Å²) in [6.45, 7) is 2.38. The molecule has 0 atom stereocenters. The molecule has 176 valence electrons. The molecule has 1 amide bonds. The quantitative estimate of drug-likeness (QED) is 0.136. The van der Waals surface area contributed by atoms with Crippen LogP contribution in [0, 0.1) is 0 Å². The van der Waals surface area contributed by atoms with Gasteiger partial charge >= 0.3 is 0 Å². The van der Waals surface area contributed by atoms with Gasteiger partial charge in [-0.05, 0) is 69.1 Å². The molecule has 0 spiro atoms. The van der Waals surface area contributed by atoms with Gasteiger partial charge in [0.2, 0.25) is 5.91 Å². The number of phenolic OH excluding ortho intramolecular Hbond substituents is 2. The van der Waals surface area contributed by atoms with Crippen LogP contribution in [0.4, 0.5) is 0 Å². The Labute approximate surface area is 205 Å². The van der Waals surface area contributed by atoms with Gasteiger partial charge in [-0.15, -0.1) is 0 Å². The number of hydrogen-bond acceptors (Lipinski definition) is 3. The highest BCUT2D eigenvalue weighted by molar-refractivity contribution is 5.75. The summed E-state index contributed by atoms with van der Waals surface area (Å²) in [6.07, 6.45) is 3.60. The first kappa shape index (κ1) is 16.8. The van der Waals surface area contributed by atoms with Crippen molar-refractivity contribution in [1.29, 1.82) is 0 Å². The van der Waals surface area contributed by atoms with Gasteiger partial charge in [0, 0.05) is 13.0 Å². The van der Waals surface area contributed by atoms with E-state index in [0.29, 0.717) is 25.8 Å². The lowest BCUT2D eigenvalue weighted by Gasteiger charge is -2.06. The van der Waals surface area contributed by atoms with Crippen LogP contribution in [0.3, 0.4) is 0 Å². The Morgan fingerprint density at radius 1 is 0.875 bits per heavy atom. The summed E-state index contributed by atoms with van der Waals surface area (Å²) in [5.74, 6) is -0.656. The zero-order valence-corrected chi connectivity index (χ0v) is 19.0. The van der Waals surface area contributed by atoms with Crippen LogP contribution in [0.2, 0.25) is 0 Å². The van der Waals surface area contributed by atoms with E-state index in [0.717, 1.165) is 24.8 Å². The zero-order valence-electron chi connectivity index (χ0n) is 27.0. The predicted octanol–water partition coefficient (Wildman–Crippen LogP) is 6.90. The minimum absolute atomic E-state index is 0.0194. The van der Waals surface area contributed by atoms with Crippen molar-refractivity contribution in [3.05, 3.63) is 72.2 Å². The fourth-order valence-electron chi connectivity index (χ4n) is 2.64. The maximum atomic E-state index is 12.0. The number of amides is 1. The van der Waals surface area contributed by atoms with Crippen molar-refractivity contribution in [1.82, 2.24) is 5.32 Å². The summed E-state index contributed by atoms with van der Waals surface area (Å²) >= 11 is 0. The Bertz CT molecular complexity index is 1130. The van der Waals surface area contributed by atoms with Gasteiger partial charge < -0.3 is 15.5 Å². The third-order valence-electron chi connectivity index (χ3n) is 4.42. The molecule has 4 nitrogen and oxygen atoms in total. The smallest absolute Gasteiger partial charge is 0.220 e. The van der Waals surface area contributed by atoms with E-state index in [1.807, 2.05) is 6.92 Å². The molecule has 0 aliphatic carbocycles. The number of rotatable bonds is 17. The van der Waals surface area contributed by atoms with Crippen molar-refractivity contribution in [3.63, 3.8) is 0 Å². The predicted molar refractivity (Wildman–Crippen MR) is 135 cm³/mol. The van der Waals surface area contributed by atoms with E-state index in [1.165, 1.54) is 12.1 Å². The van der Waals surface area contributed by atoms with Gasteiger partial charge in [-0.1, -0.05) is 74.2 Å². The van der Waals surface area contributed by atoms with Crippen molar-refractivity contribution in [2.24, 2.45) is 0 Å². The third kappa shape index (κ3) is 15.1. The van der Waals surface area contributed by atoms with Crippen molar-refractivity contribution in [2.45, 2.75) is 77.6 Å². The topological polar surface area (TPSA) is 69.6 Å². The van der Waals surface area contributed by atoms with Gasteiger partial charge in [0.1, 0.15) is 0 Å². The van der Waals surface area contributed by atoms with E-state index in [1.54, 1.807) is 6.07 Å². The first-order valence-electron chi connectivity index (χ1n) is 15.2. The number of allylic oxidation sites excluding steroid dienone is 8. The van der Waals surface area contributed by atoms with Crippen LogP contribution in [0.25, 0.3) is 0 Å². The first-order valence-corrected chi connectivity index (χ1v) is 11.2. The molecule has 0 aliphatic heterocycles. The van der Waals surface area contributed by atoms with Gasteiger partial charge in [-0.25, -0.2) is 0 Å². The van der Waals surface area contributed by atoms with Gasteiger partial charge in [0.05, 0.1) is 11.0 Å². The molecule has 4 heteroatoms. The Hall–Kier alpha value is -2.75. The highest BCUT2D eigenvalue weighted by atomic mass is 16.3. The number of carbonyl (C=O) groups is 1. The van der Waals surface area contributed by atoms with E-state index >= 15 is 0 Å². The lowest BCUT2D eigenvalue weighted by Crippen LogP contribution is -2.25. The van der Waals surface area contributed by atoms with Crippen LogP contribution in [0.15, 0.2) is 66.6 Å². The van der Waals surface area contributed by atoms with Crippen LogP contribution in [-0.4, -0.2) is 22.7 Å². The maximum absolute atomic E-state index is 12.0. The molecule has 0 radical (unpaired) electrons. The Kier molecular flexibility index (Phi) is 9.98. The Morgan fingerprint density at radius 2 is 1.47 bits per heavy atom. The summed E-state index contributed by atoms with van der Waals surface area (Å²) in [7, 11) is 0. The maximum Gasteiger partial charge on any atom is 0.220 e. The number of phenols is 2. The summed E-state index contributed by atoms with van der Waals surface area (Å²) in [5, 5.41) is 21.6. The lowest BCUT2D eigenvalue weighted by molar-refractivity contribution is -0.121. The van der Waals surface area contributed by atoms with Crippen molar-refractivity contribution in [3.8, 4) is 11.5 Å². The number of nitrogens with one attached hydrogen (secondary N) is 1. The van der Waals surface area contributed by atoms with Crippen LogP contribution in [-0.2, 0) is 11.2 Å². The molecular weight excluding hydrogens is 398 g/mol. The molecule has 0 heterocycles. The Balaban J connectivity index is 2.54. The lowest BCUT2D eigenvalue weighted by atomic mass is 10.1. The molecule has 0 aromatic heterocycles. The fourth-order valence-corrected chi connectivity index (χ4v) is 2.64. The number of aromatic hydroxyl groups is 2. The van der Waals surface area contributed by atoms with Crippen molar-refractivity contribution in [2.75, 3.05) is 6.54 Å². The van der Waals surface area contributed by atoms with E-state index in [4.69, 9.17) is 11.0 Å². The molecule has 0 unspecified atom stereocenters. The average Bonchev–Trinajstić information content (AvgIpc) is 2.90. The molecule has 0 fully saturated rings. The number of unbranched alkanes of at least 4 members (excludes halogenated alkanes) is 2. The Morgan fingerprint density at radius 3 is 2.06 bits per heavy atom. The largest absolute Gasteiger partial charge is 0.504 e. The molecule has 0 saturated heterocycles. The van der Waals surface area contributed by atoms with Crippen LogP contribution < -0.4 is 5.32 Å². The first-order chi connectivity index (χ1) is 18.8. The van der Waals surface area contributed by atoms with E-state index < -0.39 is 0 Å². The van der Waals surface area contributed by atoms with Crippen LogP contribution >= 0.6 is 0 Å². The molecule has 0 aliphatic rings. The second-order valence-electron chi connectivity index (χ2n) is 7.18. The second-order valence-corrected chi connectivity index (χ2v) is 7.18. The molecule has 1 aromatic rings. The second kappa shape index (κ2) is 19.0. The summed E-state index contributed by atoms with van der Waals surface area (Å²) in [5.41, 5.74) is 0.753. The van der Waals surface area contributed by atoms with E-state index in [2.05, 4.69) is 5.32 Å². The minimum atomic E-state index is -0.293. The summed E-state index contributed by atoms with van der Waals surface area (Å²) in [6, 6.07) is 3.53. The number of benzene rings is 1. The van der Waals surface area contributed by atoms with Gasteiger partial charge in [-0.3, -0.25) is 4.79 Å². The van der Waals surface area contributed by atoms with Crippen molar-refractivity contribution >= 4 is 5.91 Å². The molecule has 1 rings (SSSR count). The molecule has 0 saturated carbocycles. The average molecular weight is 456 g/mol. The molecular formula is C28H41NO3. The standard InChI is InChI=1S/C28H41NO3/c1-2-3-4-5-6-7-8-9-10-11-12-13-14-15-16-17-18-19-28(32)29-23-22-25-20-21-26(30)27(31)24-25/h6-7,9-10,12-13,15-16,20-21,24,30-31H,2-5,8,11,14,17-19,22-23H2,1H3,(H,29,32)/b7-6-,10-9-,13-12-,16-15-/i6T,7T,9T,10T,12T,13T,15T,16T. The summed E-state index contributed by atoms with van der Waals surface area (Å²) in [4.78, 5) is 12.0. The normalized spacial score (nSPS) is 18.0. The molecule has 3 N–H and O–H groups in total. The number of hydrogen-bond donors (Lipinski definition) is 3. The van der Waals surface area contributed by atoms with E-state index in [-0.39, 0.29) is 97.9 Å². The number of carbonyl (C=O) groups excluding carboxylic acids is 1. The summed E-state index contributed by atoms with van der Waals surface area (Å²) < 4.78 is 64.3. The molecule has 0 bridgehead atoms. The van der Waals surface area contributed by atoms with E-state index in [9.17, 15) is 15.0 Å². The fraction of sp³-hybridized carbons (Fsp3) is 0.464. The zero-order chi connectivity index (χ0) is 30.2. The van der Waals surface area contributed by atoms with Gasteiger partial charge in [-0.2, -0.15) is 0 Å². The van der Waals surface area contributed by atoms with Gasteiger partial charge in [0.25, 0.3) is 0 Å². The molecule has 32 heavy (non-hydrogen) atoms. The highest BCUT2D eigenvalue weighted by Crippen LogP contribution is 2.24. The SMILES string of the molecule is [3H]/C(CCCCC)=C(\[3H])C/C([3H])=C(/[3H])C/C([3H])=C(/[3H])C/C([3H])=C(/[3H])CCCC(=O)NCCc1ccc(O)c(O)c1. The third-order valence-corrected chi connectivity index (χ3v) is 4.42. The minimum Gasteiger partial charge on any atom is -0.504 e. The van der Waals surface area contributed by atoms with Gasteiger partial charge in [0.15, 0.2) is 11.5 Å². The highest BCUT2D eigenvalue weighted by Gasteiger charge is 2.03. The van der Waals surface area contributed by atoms with Crippen LogP contribution in [0.1, 0.15) is 87.7 Å². The molecule has 1 aromatic carbocycles. The monoisotopic (exact) mass is 455 g/mol. The van der Waals surface area contributed by atoms with Crippen molar-refractivity contribution < 1.29 is 26.0 Å².